The lowest BCUT2D eigenvalue weighted by atomic mass is 9.46. The SMILES string of the molecule is CC(=O)O[C@@H]1CC[C@@]2(C)[C@@H](C=C[C@@H]3[C@@H]2CC[C@]2(C)[C@@H]([C@H](C)CCCC(C)C)CC[C@@H]32)C1. The molecule has 0 heterocycles. The van der Waals surface area contributed by atoms with Gasteiger partial charge in [0.25, 0.3) is 0 Å². The number of carbonyl (C=O) groups excluding carboxylic acids is 1. The Morgan fingerprint density at radius 3 is 2.39 bits per heavy atom. The molecule has 0 aromatic rings. The van der Waals surface area contributed by atoms with Crippen LogP contribution in [0, 0.1) is 52.3 Å². The van der Waals surface area contributed by atoms with Gasteiger partial charge in [0.15, 0.2) is 0 Å². The normalized spacial score (nSPS) is 45.0. The second-order valence-corrected chi connectivity index (χ2v) is 12.8. The first-order chi connectivity index (χ1) is 14.6. The molecule has 0 unspecified atom stereocenters. The van der Waals surface area contributed by atoms with Gasteiger partial charge in [-0.1, -0.05) is 66.0 Å². The number of carbonyl (C=O) groups is 1. The third-order valence-electron chi connectivity index (χ3n) is 10.6. The molecule has 0 bridgehead atoms. The van der Waals surface area contributed by atoms with Crippen LogP contribution in [0.1, 0.15) is 106 Å². The van der Waals surface area contributed by atoms with Gasteiger partial charge in [0, 0.05) is 6.92 Å². The van der Waals surface area contributed by atoms with Crippen molar-refractivity contribution in [3.8, 4) is 0 Å². The molecule has 0 aromatic heterocycles. The van der Waals surface area contributed by atoms with Crippen molar-refractivity contribution in [2.75, 3.05) is 0 Å². The molecule has 4 aliphatic rings. The fourth-order valence-corrected chi connectivity index (χ4v) is 8.95. The number of hydrogen-bond acceptors (Lipinski definition) is 2. The van der Waals surface area contributed by atoms with Crippen molar-refractivity contribution in [3.05, 3.63) is 12.2 Å². The van der Waals surface area contributed by atoms with Gasteiger partial charge in [0.05, 0.1) is 0 Å². The Hall–Kier alpha value is -0.790. The maximum atomic E-state index is 11.5. The standard InChI is InChI=1S/C29H48O2/c1-19(2)8-7-9-20(3)25-12-13-26-24-11-10-22-18-23(31-21(4)30)14-16-28(22,5)27(24)15-17-29(25,26)6/h10-11,19-20,22-27H,7-9,12-18H2,1-6H3/t20-,22+,23-,24+,25-,26+,27+,28+,29-/m1/s1. The van der Waals surface area contributed by atoms with E-state index < -0.39 is 0 Å². The second kappa shape index (κ2) is 8.86. The molecule has 0 aromatic carbocycles. The van der Waals surface area contributed by atoms with E-state index in [1.54, 1.807) is 6.92 Å². The van der Waals surface area contributed by atoms with E-state index in [1.807, 2.05) is 0 Å². The lowest BCUT2D eigenvalue weighted by Crippen LogP contribution is -2.52. The fourth-order valence-electron chi connectivity index (χ4n) is 8.95. The van der Waals surface area contributed by atoms with Crippen LogP contribution in [0.15, 0.2) is 12.2 Å². The van der Waals surface area contributed by atoms with Crippen molar-refractivity contribution in [2.24, 2.45) is 52.3 Å². The summed E-state index contributed by atoms with van der Waals surface area (Å²) in [5, 5.41) is 0. The molecule has 2 heteroatoms. The molecule has 4 rings (SSSR count). The zero-order chi connectivity index (χ0) is 22.4. The number of rotatable bonds is 6. The van der Waals surface area contributed by atoms with Gasteiger partial charge in [0.1, 0.15) is 6.10 Å². The Morgan fingerprint density at radius 1 is 0.968 bits per heavy atom. The lowest BCUT2D eigenvalue weighted by molar-refractivity contribution is -0.153. The highest BCUT2D eigenvalue weighted by molar-refractivity contribution is 5.66. The van der Waals surface area contributed by atoms with Crippen LogP contribution < -0.4 is 0 Å². The smallest absolute Gasteiger partial charge is 0.302 e. The predicted molar refractivity (Wildman–Crippen MR) is 129 cm³/mol. The van der Waals surface area contributed by atoms with E-state index in [0.717, 1.165) is 48.3 Å². The summed E-state index contributed by atoms with van der Waals surface area (Å²) >= 11 is 0. The van der Waals surface area contributed by atoms with E-state index >= 15 is 0 Å². The third kappa shape index (κ3) is 4.26. The number of fused-ring (bicyclic) bond motifs is 5. The van der Waals surface area contributed by atoms with Crippen LogP contribution in [0.4, 0.5) is 0 Å². The van der Waals surface area contributed by atoms with Crippen LogP contribution >= 0.6 is 0 Å². The Kier molecular flexibility index (Phi) is 6.68. The van der Waals surface area contributed by atoms with E-state index in [4.69, 9.17) is 4.74 Å². The third-order valence-corrected chi connectivity index (χ3v) is 10.6. The van der Waals surface area contributed by atoms with Gasteiger partial charge in [-0.15, -0.1) is 0 Å². The van der Waals surface area contributed by atoms with Gasteiger partial charge >= 0.3 is 5.97 Å². The summed E-state index contributed by atoms with van der Waals surface area (Å²) in [6.07, 6.45) is 18.6. The van der Waals surface area contributed by atoms with E-state index in [1.165, 1.54) is 51.4 Å². The number of hydrogen-bond donors (Lipinski definition) is 0. The zero-order valence-electron chi connectivity index (χ0n) is 21.2. The van der Waals surface area contributed by atoms with E-state index in [-0.39, 0.29) is 12.1 Å². The monoisotopic (exact) mass is 428 g/mol. The first-order valence-electron chi connectivity index (χ1n) is 13.5. The average Bonchev–Trinajstić information content (AvgIpc) is 3.05. The molecule has 2 nitrogen and oxygen atoms in total. The molecule has 31 heavy (non-hydrogen) atoms. The van der Waals surface area contributed by atoms with Crippen LogP contribution in [0.5, 0.6) is 0 Å². The minimum Gasteiger partial charge on any atom is -0.463 e. The Balaban J connectivity index is 1.47. The Bertz CT molecular complexity index is 680. The van der Waals surface area contributed by atoms with Crippen molar-refractivity contribution < 1.29 is 9.53 Å². The summed E-state index contributed by atoms with van der Waals surface area (Å²) in [5.41, 5.74) is 0.944. The molecule has 0 spiro atoms. The highest BCUT2D eigenvalue weighted by Crippen LogP contribution is 2.67. The van der Waals surface area contributed by atoms with Crippen molar-refractivity contribution >= 4 is 5.97 Å². The summed E-state index contributed by atoms with van der Waals surface area (Å²) in [7, 11) is 0. The topological polar surface area (TPSA) is 26.3 Å². The van der Waals surface area contributed by atoms with Gasteiger partial charge in [-0.05, 0) is 97.2 Å². The largest absolute Gasteiger partial charge is 0.463 e. The molecular formula is C29H48O2. The lowest BCUT2D eigenvalue weighted by Gasteiger charge is -2.59. The molecule has 0 saturated heterocycles. The van der Waals surface area contributed by atoms with Crippen molar-refractivity contribution in [2.45, 2.75) is 112 Å². The first-order valence-corrected chi connectivity index (χ1v) is 13.5. The summed E-state index contributed by atoms with van der Waals surface area (Å²) in [4.78, 5) is 11.5. The van der Waals surface area contributed by atoms with E-state index in [9.17, 15) is 4.79 Å². The zero-order valence-corrected chi connectivity index (χ0v) is 21.2. The van der Waals surface area contributed by atoms with Crippen LogP contribution in [0.25, 0.3) is 0 Å². The van der Waals surface area contributed by atoms with Gasteiger partial charge in [-0.25, -0.2) is 0 Å². The van der Waals surface area contributed by atoms with Crippen molar-refractivity contribution in [3.63, 3.8) is 0 Å². The molecule has 9 atom stereocenters. The Labute approximate surface area is 192 Å². The van der Waals surface area contributed by atoms with Crippen LogP contribution in [0.2, 0.25) is 0 Å². The molecular weight excluding hydrogens is 380 g/mol. The number of allylic oxidation sites excluding steroid dienone is 2. The minimum absolute atomic E-state index is 0.112. The number of esters is 1. The summed E-state index contributed by atoms with van der Waals surface area (Å²) in [6.45, 7) is 14.1. The minimum atomic E-state index is -0.112. The molecule has 4 aliphatic carbocycles. The summed E-state index contributed by atoms with van der Waals surface area (Å²) < 4.78 is 5.62. The fraction of sp³-hybridized carbons (Fsp3) is 0.897. The molecule has 0 aliphatic heterocycles. The van der Waals surface area contributed by atoms with Gasteiger partial charge in [-0.3, -0.25) is 4.79 Å². The van der Waals surface area contributed by atoms with Gasteiger partial charge in [0.2, 0.25) is 0 Å². The molecule has 0 amide bonds. The summed E-state index contributed by atoms with van der Waals surface area (Å²) in [5.74, 6) is 5.59. The molecule has 0 N–H and O–H groups in total. The number of ether oxygens (including phenoxy) is 1. The highest BCUT2D eigenvalue weighted by atomic mass is 16.5. The second-order valence-electron chi connectivity index (χ2n) is 12.8. The molecule has 3 fully saturated rings. The highest BCUT2D eigenvalue weighted by Gasteiger charge is 2.59. The van der Waals surface area contributed by atoms with E-state index in [0.29, 0.717) is 16.7 Å². The maximum absolute atomic E-state index is 11.5. The summed E-state index contributed by atoms with van der Waals surface area (Å²) in [6, 6.07) is 0. The first kappa shape index (κ1) is 23.4. The molecule has 3 saturated carbocycles. The van der Waals surface area contributed by atoms with Crippen LogP contribution in [0.3, 0.4) is 0 Å². The molecule has 0 radical (unpaired) electrons. The van der Waals surface area contributed by atoms with Gasteiger partial charge < -0.3 is 4.74 Å². The van der Waals surface area contributed by atoms with Crippen molar-refractivity contribution in [1.29, 1.82) is 0 Å². The average molecular weight is 429 g/mol. The quantitative estimate of drug-likeness (QED) is 0.318. The van der Waals surface area contributed by atoms with Crippen LogP contribution in [-0.2, 0) is 9.53 Å². The van der Waals surface area contributed by atoms with E-state index in [2.05, 4.69) is 46.8 Å². The Morgan fingerprint density at radius 2 is 1.68 bits per heavy atom. The predicted octanol–water partition coefficient (Wildman–Crippen LogP) is 7.82. The van der Waals surface area contributed by atoms with Gasteiger partial charge in [-0.2, -0.15) is 0 Å². The van der Waals surface area contributed by atoms with Crippen molar-refractivity contribution in [1.82, 2.24) is 0 Å². The van der Waals surface area contributed by atoms with Crippen LogP contribution in [-0.4, -0.2) is 12.1 Å². The maximum Gasteiger partial charge on any atom is 0.302 e. The molecule has 176 valence electrons.